The molecule has 0 unspecified atom stereocenters. The molecular weight excluding hydrogens is 268 g/mol. The number of methoxy groups -OCH3 is 2. The SMILES string of the molecule is COc1ccc(Nc2nc(C)c3cc[nH]c3n2)cc1OC. The molecule has 2 aromatic heterocycles. The maximum absolute atomic E-state index is 5.28. The molecule has 0 saturated heterocycles. The maximum Gasteiger partial charge on any atom is 0.229 e. The van der Waals surface area contributed by atoms with Gasteiger partial charge in [0, 0.05) is 23.3 Å². The predicted octanol–water partition coefficient (Wildman–Crippen LogP) is 3.03. The van der Waals surface area contributed by atoms with Gasteiger partial charge in [0.15, 0.2) is 11.5 Å². The minimum Gasteiger partial charge on any atom is -0.493 e. The average molecular weight is 284 g/mol. The number of aromatic amines is 1. The molecule has 0 amide bonds. The molecule has 0 spiro atoms. The number of H-pyrrole nitrogens is 1. The standard InChI is InChI=1S/C15H16N4O2/c1-9-11-6-7-16-14(11)19-15(17-9)18-10-4-5-12(20-2)13(8-10)21-3/h4-8H,1-3H3,(H2,16,17,18,19). The van der Waals surface area contributed by atoms with Gasteiger partial charge in [-0.15, -0.1) is 0 Å². The van der Waals surface area contributed by atoms with Gasteiger partial charge < -0.3 is 19.8 Å². The third-order valence-electron chi connectivity index (χ3n) is 3.25. The van der Waals surface area contributed by atoms with E-state index >= 15 is 0 Å². The fourth-order valence-corrected chi connectivity index (χ4v) is 2.19. The number of hydrogen-bond donors (Lipinski definition) is 2. The number of aromatic nitrogens is 3. The summed E-state index contributed by atoms with van der Waals surface area (Å²) < 4.78 is 10.5. The third kappa shape index (κ3) is 2.47. The number of fused-ring (bicyclic) bond motifs is 1. The third-order valence-corrected chi connectivity index (χ3v) is 3.25. The van der Waals surface area contributed by atoms with E-state index in [2.05, 4.69) is 20.3 Å². The summed E-state index contributed by atoms with van der Waals surface area (Å²) in [5, 5.41) is 4.20. The van der Waals surface area contributed by atoms with Gasteiger partial charge in [0.1, 0.15) is 5.65 Å². The monoisotopic (exact) mass is 284 g/mol. The molecule has 6 nitrogen and oxygen atoms in total. The number of hydrogen-bond acceptors (Lipinski definition) is 5. The first-order chi connectivity index (χ1) is 10.2. The molecule has 21 heavy (non-hydrogen) atoms. The van der Waals surface area contributed by atoms with Crippen LogP contribution in [0.4, 0.5) is 11.6 Å². The molecule has 3 aromatic rings. The Morgan fingerprint density at radius 1 is 1.05 bits per heavy atom. The minimum absolute atomic E-state index is 0.537. The Labute approximate surface area is 122 Å². The Hall–Kier alpha value is -2.76. The Morgan fingerprint density at radius 3 is 2.62 bits per heavy atom. The zero-order valence-electron chi connectivity index (χ0n) is 12.1. The molecule has 0 aliphatic rings. The summed E-state index contributed by atoms with van der Waals surface area (Å²) in [4.78, 5) is 12.0. The normalized spacial score (nSPS) is 10.6. The highest BCUT2D eigenvalue weighted by Gasteiger charge is 2.08. The lowest BCUT2D eigenvalue weighted by atomic mass is 10.2. The van der Waals surface area contributed by atoms with Gasteiger partial charge in [-0.25, -0.2) is 4.98 Å². The topological polar surface area (TPSA) is 72.1 Å². The molecule has 0 aliphatic carbocycles. The van der Waals surface area contributed by atoms with Crippen molar-refractivity contribution in [2.75, 3.05) is 19.5 Å². The van der Waals surface area contributed by atoms with E-state index in [1.807, 2.05) is 37.4 Å². The van der Waals surface area contributed by atoms with Crippen molar-refractivity contribution in [1.29, 1.82) is 0 Å². The van der Waals surface area contributed by atoms with Crippen molar-refractivity contribution >= 4 is 22.7 Å². The first kappa shape index (κ1) is 13.2. The smallest absolute Gasteiger partial charge is 0.229 e. The summed E-state index contributed by atoms with van der Waals surface area (Å²) in [5.74, 6) is 1.87. The number of nitrogens with zero attached hydrogens (tertiary/aromatic N) is 2. The van der Waals surface area contributed by atoms with Crippen LogP contribution in [0.25, 0.3) is 11.0 Å². The van der Waals surface area contributed by atoms with Gasteiger partial charge in [-0.05, 0) is 25.1 Å². The number of nitrogens with one attached hydrogen (secondary N) is 2. The lowest BCUT2D eigenvalue weighted by molar-refractivity contribution is 0.355. The van der Waals surface area contributed by atoms with Crippen molar-refractivity contribution in [3.05, 3.63) is 36.2 Å². The quantitative estimate of drug-likeness (QED) is 0.770. The van der Waals surface area contributed by atoms with Gasteiger partial charge in [0.25, 0.3) is 0 Å². The molecular formula is C15H16N4O2. The van der Waals surface area contributed by atoms with Crippen LogP contribution in [0, 0.1) is 6.92 Å². The van der Waals surface area contributed by atoms with E-state index in [0.717, 1.165) is 22.4 Å². The van der Waals surface area contributed by atoms with E-state index in [4.69, 9.17) is 9.47 Å². The van der Waals surface area contributed by atoms with Gasteiger partial charge in [0.05, 0.1) is 19.9 Å². The fraction of sp³-hybridized carbons (Fsp3) is 0.200. The summed E-state index contributed by atoms with van der Waals surface area (Å²) >= 11 is 0. The van der Waals surface area contributed by atoms with Crippen molar-refractivity contribution in [1.82, 2.24) is 15.0 Å². The molecule has 0 radical (unpaired) electrons. The zero-order valence-corrected chi connectivity index (χ0v) is 12.1. The van der Waals surface area contributed by atoms with Crippen LogP contribution in [0.2, 0.25) is 0 Å². The van der Waals surface area contributed by atoms with Crippen molar-refractivity contribution in [2.45, 2.75) is 6.92 Å². The van der Waals surface area contributed by atoms with E-state index in [9.17, 15) is 0 Å². The van der Waals surface area contributed by atoms with Gasteiger partial charge >= 0.3 is 0 Å². The minimum atomic E-state index is 0.537. The Morgan fingerprint density at radius 2 is 1.86 bits per heavy atom. The van der Waals surface area contributed by atoms with Gasteiger partial charge in [0.2, 0.25) is 5.95 Å². The number of benzene rings is 1. The lowest BCUT2D eigenvalue weighted by Crippen LogP contribution is -2.00. The lowest BCUT2D eigenvalue weighted by Gasteiger charge is -2.10. The number of rotatable bonds is 4. The van der Waals surface area contributed by atoms with Gasteiger partial charge in [-0.3, -0.25) is 0 Å². The van der Waals surface area contributed by atoms with E-state index in [1.165, 1.54) is 0 Å². The number of aryl methyl sites for hydroxylation is 1. The second-order valence-corrected chi connectivity index (χ2v) is 4.57. The van der Waals surface area contributed by atoms with Crippen LogP contribution in [0.15, 0.2) is 30.5 Å². The molecule has 1 aromatic carbocycles. The highest BCUT2D eigenvalue weighted by Crippen LogP contribution is 2.30. The van der Waals surface area contributed by atoms with E-state index in [1.54, 1.807) is 14.2 Å². The van der Waals surface area contributed by atoms with Crippen LogP contribution in [0.5, 0.6) is 11.5 Å². The molecule has 0 saturated carbocycles. The Bertz CT molecular complexity index is 782. The van der Waals surface area contributed by atoms with Crippen molar-refractivity contribution < 1.29 is 9.47 Å². The van der Waals surface area contributed by atoms with Crippen LogP contribution >= 0.6 is 0 Å². The van der Waals surface area contributed by atoms with Crippen molar-refractivity contribution in [3.8, 4) is 11.5 Å². The number of ether oxygens (including phenoxy) is 2. The van der Waals surface area contributed by atoms with Crippen LogP contribution in [-0.4, -0.2) is 29.2 Å². The molecule has 2 N–H and O–H groups in total. The van der Waals surface area contributed by atoms with Crippen molar-refractivity contribution in [3.63, 3.8) is 0 Å². The van der Waals surface area contributed by atoms with Crippen LogP contribution < -0.4 is 14.8 Å². The van der Waals surface area contributed by atoms with Gasteiger partial charge in [-0.2, -0.15) is 4.98 Å². The first-order valence-corrected chi connectivity index (χ1v) is 6.52. The molecule has 0 aliphatic heterocycles. The van der Waals surface area contributed by atoms with Gasteiger partial charge in [-0.1, -0.05) is 0 Å². The summed E-state index contributed by atoms with van der Waals surface area (Å²) in [6, 6.07) is 7.53. The molecule has 0 bridgehead atoms. The highest BCUT2D eigenvalue weighted by molar-refractivity contribution is 5.79. The summed E-state index contributed by atoms with van der Waals surface area (Å²) in [6.07, 6.45) is 1.85. The molecule has 0 fully saturated rings. The van der Waals surface area contributed by atoms with Crippen LogP contribution in [-0.2, 0) is 0 Å². The predicted molar refractivity (Wildman–Crippen MR) is 81.5 cm³/mol. The van der Waals surface area contributed by atoms with E-state index in [0.29, 0.717) is 17.4 Å². The Balaban J connectivity index is 1.94. The molecule has 2 heterocycles. The second-order valence-electron chi connectivity index (χ2n) is 4.57. The van der Waals surface area contributed by atoms with Crippen LogP contribution in [0.3, 0.4) is 0 Å². The van der Waals surface area contributed by atoms with Crippen LogP contribution in [0.1, 0.15) is 5.69 Å². The van der Waals surface area contributed by atoms with Crippen molar-refractivity contribution in [2.24, 2.45) is 0 Å². The molecule has 6 heteroatoms. The zero-order chi connectivity index (χ0) is 14.8. The molecule has 3 rings (SSSR count). The summed E-state index contributed by atoms with van der Waals surface area (Å²) in [7, 11) is 3.21. The van der Waals surface area contributed by atoms with E-state index < -0.39 is 0 Å². The average Bonchev–Trinajstić information content (AvgIpc) is 2.96. The molecule has 108 valence electrons. The highest BCUT2D eigenvalue weighted by atomic mass is 16.5. The van der Waals surface area contributed by atoms with E-state index in [-0.39, 0.29) is 0 Å². The first-order valence-electron chi connectivity index (χ1n) is 6.52. The largest absolute Gasteiger partial charge is 0.493 e. The number of anilines is 2. The molecule has 0 atom stereocenters. The summed E-state index contributed by atoms with van der Waals surface area (Å²) in [6.45, 7) is 1.96. The summed E-state index contributed by atoms with van der Waals surface area (Å²) in [5.41, 5.74) is 2.56. The maximum atomic E-state index is 5.28. The Kier molecular flexibility index (Phi) is 3.35. The fourth-order valence-electron chi connectivity index (χ4n) is 2.19. The second kappa shape index (κ2) is 5.32.